The van der Waals surface area contributed by atoms with E-state index in [0.29, 0.717) is 17.4 Å². The van der Waals surface area contributed by atoms with Gasteiger partial charge in [0.15, 0.2) is 12.4 Å². The second kappa shape index (κ2) is 32.9. The van der Waals surface area contributed by atoms with Crippen LogP contribution in [-0.2, 0) is 33.3 Å². The van der Waals surface area contributed by atoms with Crippen LogP contribution in [0.3, 0.4) is 0 Å². The summed E-state index contributed by atoms with van der Waals surface area (Å²) in [6.45, 7) is 4.60. The van der Waals surface area contributed by atoms with E-state index in [9.17, 15) is 19.5 Å². The average molecular weight is 696 g/mol. The SMILES string of the molecule is CCCCC/C=C\C/C=C\CCCCCCCCCCCC(=O)OC(COC(=O)CCCCCCC)COC(OCC[N+](C)(C)C)C(=O)[O-]. The lowest BCUT2D eigenvalue weighted by atomic mass is 10.1. The third-order valence-electron chi connectivity index (χ3n) is 8.20. The molecule has 0 radical (unpaired) electrons. The summed E-state index contributed by atoms with van der Waals surface area (Å²) in [6, 6.07) is 0. The van der Waals surface area contributed by atoms with Crippen molar-refractivity contribution in [3.05, 3.63) is 24.3 Å². The molecule has 9 nitrogen and oxygen atoms in total. The van der Waals surface area contributed by atoms with Crippen LogP contribution in [0.15, 0.2) is 24.3 Å². The van der Waals surface area contributed by atoms with E-state index in [0.717, 1.165) is 64.2 Å². The number of aliphatic carboxylic acids is 1. The second-order valence-corrected chi connectivity index (χ2v) is 14.2. The maximum absolute atomic E-state index is 12.6. The third kappa shape index (κ3) is 34.0. The summed E-state index contributed by atoms with van der Waals surface area (Å²) in [6.07, 6.45) is 29.6. The molecular formula is C40H73NO8. The predicted octanol–water partition coefficient (Wildman–Crippen LogP) is 7.99. The summed E-state index contributed by atoms with van der Waals surface area (Å²) < 4.78 is 22.3. The topological polar surface area (TPSA) is 111 Å². The lowest BCUT2D eigenvalue weighted by Gasteiger charge is -2.26. The fourth-order valence-electron chi connectivity index (χ4n) is 5.09. The maximum Gasteiger partial charge on any atom is 0.306 e. The number of nitrogens with zero attached hydrogens (tertiary/aromatic N) is 1. The Hall–Kier alpha value is -2.23. The van der Waals surface area contributed by atoms with Gasteiger partial charge in [0.05, 0.1) is 40.3 Å². The molecule has 286 valence electrons. The number of quaternary nitrogens is 1. The molecule has 0 heterocycles. The molecular weight excluding hydrogens is 622 g/mol. The zero-order valence-corrected chi connectivity index (χ0v) is 32.1. The molecule has 9 heteroatoms. The number of carboxylic acid groups (broad SMARTS) is 1. The minimum atomic E-state index is -1.61. The quantitative estimate of drug-likeness (QED) is 0.0216. The van der Waals surface area contributed by atoms with Gasteiger partial charge < -0.3 is 33.3 Å². The van der Waals surface area contributed by atoms with E-state index in [1.165, 1.54) is 57.8 Å². The van der Waals surface area contributed by atoms with Crippen LogP contribution < -0.4 is 5.11 Å². The molecule has 0 aliphatic heterocycles. The van der Waals surface area contributed by atoms with Crippen LogP contribution in [0.25, 0.3) is 0 Å². The van der Waals surface area contributed by atoms with Gasteiger partial charge in [-0.15, -0.1) is 0 Å². The van der Waals surface area contributed by atoms with E-state index < -0.39 is 24.3 Å². The number of carboxylic acids is 1. The highest BCUT2D eigenvalue weighted by molar-refractivity contribution is 5.70. The molecule has 0 bridgehead atoms. The standard InChI is InChI=1S/C40H73NO8/c1-6-8-10-12-13-14-15-16-17-18-19-20-21-22-23-24-25-27-29-31-38(43)49-36(34-47-37(42)30-28-26-11-9-7-2)35-48-40(39(44)45)46-33-32-41(3,4)5/h13-14,16-17,36,40H,6-12,15,18-35H2,1-5H3/b14-13-,17-16-. The van der Waals surface area contributed by atoms with Crippen molar-refractivity contribution in [1.29, 1.82) is 0 Å². The van der Waals surface area contributed by atoms with Crippen LogP contribution in [0.2, 0.25) is 0 Å². The largest absolute Gasteiger partial charge is 0.545 e. The van der Waals surface area contributed by atoms with Gasteiger partial charge in [-0.1, -0.05) is 122 Å². The van der Waals surface area contributed by atoms with Crippen LogP contribution in [0, 0.1) is 0 Å². The van der Waals surface area contributed by atoms with Gasteiger partial charge in [-0.3, -0.25) is 9.59 Å². The average Bonchev–Trinajstić information content (AvgIpc) is 3.05. The minimum absolute atomic E-state index is 0.148. The minimum Gasteiger partial charge on any atom is -0.545 e. The van der Waals surface area contributed by atoms with Crippen molar-refractivity contribution >= 4 is 17.9 Å². The highest BCUT2D eigenvalue weighted by Crippen LogP contribution is 2.13. The van der Waals surface area contributed by atoms with Crippen LogP contribution in [0.1, 0.15) is 155 Å². The summed E-state index contributed by atoms with van der Waals surface area (Å²) in [4.78, 5) is 36.5. The van der Waals surface area contributed by atoms with Gasteiger partial charge in [0.25, 0.3) is 0 Å². The highest BCUT2D eigenvalue weighted by atomic mass is 16.7. The van der Waals surface area contributed by atoms with Gasteiger partial charge in [-0.05, 0) is 44.9 Å². The molecule has 0 aromatic rings. The smallest absolute Gasteiger partial charge is 0.306 e. The van der Waals surface area contributed by atoms with E-state index in [2.05, 4.69) is 38.2 Å². The molecule has 0 aromatic heterocycles. The van der Waals surface area contributed by atoms with Crippen molar-refractivity contribution in [1.82, 2.24) is 0 Å². The van der Waals surface area contributed by atoms with Crippen LogP contribution in [-0.4, -0.2) is 82.3 Å². The van der Waals surface area contributed by atoms with Crippen molar-refractivity contribution < 1.29 is 42.9 Å². The van der Waals surface area contributed by atoms with Gasteiger partial charge in [-0.25, -0.2) is 0 Å². The van der Waals surface area contributed by atoms with Crippen molar-refractivity contribution in [2.75, 3.05) is 47.5 Å². The summed E-state index contributed by atoms with van der Waals surface area (Å²) in [5.74, 6) is -2.31. The molecule has 49 heavy (non-hydrogen) atoms. The Balaban J connectivity index is 4.33. The first kappa shape index (κ1) is 46.8. The Morgan fingerprint density at radius 3 is 1.65 bits per heavy atom. The van der Waals surface area contributed by atoms with Crippen LogP contribution >= 0.6 is 0 Å². The van der Waals surface area contributed by atoms with Crippen LogP contribution in [0.4, 0.5) is 0 Å². The van der Waals surface area contributed by atoms with Crippen molar-refractivity contribution in [3.63, 3.8) is 0 Å². The number of ether oxygens (including phenoxy) is 4. The second-order valence-electron chi connectivity index (χ2n) is 14.2. The molecule has 0 rings (SSSR count). The molecule has 0 N–H and O–H groups in total. The fourth-order valence-corrected chi connectivity index (χ4v) is 5.09. The number of hydrogen-bond acceptors (Lipinski definition) is 8. The number of rotatable bonds is 35. The number of likely N-dealkylation sites (N-methyl/N-ethyl adjacent to an activating group) is 1. The zero-order chi connectivity index (χ0) is 36.4. The Morgan fingerprint density at radius 1 is 0.612 bits per heavy atom. The van der Waals surface area contributed by atoms with Crippen LogP contribution in [0.5, 0.6) is 0 Å². The maximum atomic E-state index is 12.6. The Morgan fingerprint density at radius 2 is 1.10 bits per heavy atom. The third-order valence-corrected chi connectivity index (χ3v) is 8.20. The van der Waals surface area contributed by atoms with Crippen molar-refractivity contribution in [2.24, 2.45) is 0 Å². The molecule has 0 aliphatic carbocycles. The molecule has 0 amide bonds. The molecule has 0 spiro atoms. The zero-order valence-electron chi connectivity index (χ0n) is 32.1. The van der Waals surface area contributed by atoms with Gasteiger partial charge >= 0.3 is 11.9 Å². The lowest BCUT2D eigenvalue weighted by molar-refractivity contribution is -0.870. The Labute approximate surface area is 299 Å². The molecule has 0 aliphatic rings. The first-order valence-electron chi connectivity index (χ1n) is 19.5. The number of carbonyl (C=O) groups is 3. The van der Waals surface area contributed by atoms with Gasteiger partial charge in [0, 0.05) is 12.8 Å². The summed E-state index contributed by atoms with van der Waals surface area (Å²) >= 11 is 0. The normalized spacial score (nSPS) is 13.2. The molecule has 2 unspecified atom stereocenters. The molecule has 0 aromatic carbocycles. The number of allylic oxidation sites excluding steroid dienone is 4. The fraction of sp³-hybridized carbons (Fsp3) is 0.825. The summed E-state index contributed by atoms with van der Waals surface area (Å²) in [7, 11) is 5.89. The predicted molar refractivity (Wildman–Crippen MR) is 196 cm³/mol. The monoisotopic (exact) mass is 696 g/mol. The molecule has 0 saturated carbocycles. The number of carbonyl (C=O) groups excluding carboxylic acids is 3. The van der Waals surface area contributed by atoms with Crippen molar-refractivity contribution in [3.8, 4) is 0 Å². The molecule has 0 fully saturated rings. The first-order chi connectivity index (χ1) is 23.6. The van der Waals surface area contributed by atoms with E-state index in [4.69, 9.17) is 18.9 Å². The number of hydrogen-bond donors (Lipinski definition) is 0. The van der Waals surface area contributed by atoms with Crippen molar-refractivity contribution in [2.45, 2.75) is 167 Å². The molecule has 0 saturated heterocycles. The van der Waals surface area contributed by atoms with E-state index in [1.807, 2.05) is 21.1 Å². The van der Waals surface area contributed by atoms with Gasteiger partial charge in [0.1, 0.15) is 13.2 Å². The number of esters is 2. The van der Waals surface area contributed by atoms with Gasteiger partial charge in [-0.2, -0.15) is 0 Å². The van der Waals surface area contributed by atoms with E-state index >= 15 is 0 Å². The van der Waals surface area contributed by atoms with E-state index in [1.54, 1.807) is 0 Å². The summed E-state index contributed by atoms with van der Waals surface area (Å²) in [5, 5.41) is 11.6. The summed E-state index contributed by atoms with van der Waals surface area (Å²) in [5.41, 5.74) is 0. The first-order valence-corrected chi connectivity index (χ1v) is 19.5. The highest BCUT2D eigenvalue weighted by Gasteiger charge is 2.21. The Bertz CT molecular complexity index is 867. The van der Waals surface area contributed by atoms with Gasteiger partial charge in [0.2, 0.25) is 0 Å². The lowest BCUT2D eigenvalue weighted by Crippen LogP contribution is -2.44. The van der Waals surface area contributed by atoms with E-state index in [-0.39, 0.29) is 38.6 Å². The molecule has 2 atom stereocenters. The Kier molecular flexibility index (Phi) is 31.4. The number of unbranched alkanes of at least 4 members (excludes halogenated alkanes) is 16.